The summed E-state index contributed by atoms with van der Waals surface area (Å²) in [6.45, 7) is 2.50. The summed E-state index contributed by atoms with van der Waals surface area (Å²) in [5.74, 6) is 1.03. The first-order chi connectivity index (χ1) is 17.8. The van der Waals surface area contributed by atoms with Crippen molar-refractivity contribution >= 4 is 38.9 Å². The van der Waals surface area contributed by atoms with Crippen LogP contribution in [0.2, 0.25) is 5.02 Å². The van der Waals surface area contributed by atoms with Gasteiger partial charge in [-0.2, -0.15) is 4.31 Å². The van der Waals surface area contributed by atoms with Crippen LogP contribution in [0.5, 0.6) is 11.5 Å². The van der Waals surface area contributed by atoms with E-state index in [0.717, 1.165) is 30.4 Å². The zero-order valence-corrected chi connectivity index (χ0v) is 23.1. The number of thiophene rings is 1. The van der Waals surface area contributed by atoms with E-state index in [9.17, 15) is 13.2 Å². The lowest BCUT2D eigenvalue weighted by molar-refractivity contribution is -0.135. The highest BCUT2D eigenvalue weighted by Gasteiger charge is 2.41. The highest BCUT2D eigenvalue weighted by atomic mass is 35.5. The number of carbonyl (C=O) groups excluding carboxylic acids is 1. The van der Waals surface area contributed by atoms with Crippen LogP contribution in [0, 0.1) is 6.92 Å². The molecule has 37 heavy (non-hydrogen) atoms. The SMILES string of the molecule is COc1ccc(S(=O)(=O)N(CC(=O)N2CCc3sccc3[C@@H]2COc2ccc(Cl)c(C)c2)C2CC2)cc1. The van der Waals surface area contributed by atoms with Gasteiger partial charge in [0.25, 0.3) is 0 Å². The van der Waals surface area contributed by atoms with Crippen LogP contribution in [0.4, 0.5) is 0 Å². The lowest BCUT2D eigenvalue weighted by atomic mass is 10.0. The van der Waals surface area contributed by atoms with Crippen LogP contribution < -0.4 is 9.47 Å². The van der Waals surface area contributed by atoms with Gasteiger partial charge in [-0.15, -0.1) is 11.3 Å². The predicted octanol–water partition coefficient (Wildman–Crippen LogP) is 5.08. The molecule has 5 rings (SSSR count). The fraction of sp³-hybridized carbons (Fsp3) is 0.370. The molecule has 1 aliphatic carbocycles. The van der Waals surface area contributed by atoms with Crippen LogP contribution in [-0.4, -0.2) is 56.4 Å². The highest BCUT2D eigenvalue weighted by molar-refractivity contribution is 7.89. The van der Waals surface area contributed by atoms with E-state index < -0.39 is 10.0 Å². The second kappa shape index (κ2) is 10.6. The van der Waals surface area contributed by atoms with E-state index in [1.165, 1.54) is 28.4 Å². The third-order valence-electron chi connectivity index (χ3n) is 6.86. The normalized spacial score (nSPS) is 17.5. The smallest absolute Gasteiger partial charge is 0.243 e. The molecule has 1 aromatic heterocycles. The van der Waals surface area contributed by atoms with E-state index in [-0.39, 0.29) is 36.0 Å². The maximum Gasteiger partial charge on any atom is 0.243 e. The molecule has 0 N–H and O–H groups in total. The van der Waals surface area contributed by atoms with Crippen LogP contribution >= 0.6 is 22.9 Å². The maximum absolute atomic E-state index is 13.7. The number of sulfonamides is 1. The first-order valence-electron chi connectivity index (χ1n) is 12.2. The van der Waals surface area contributed by atoms with Crippen LogP contribution in [0.3, 0.4) is 0 Å². The van der Waals surface area contributed by atoms with Crippen molar-refractivity contribution in [1.82, 2.24) is 9.21 Å². The molecule has 0 spiro atoms. The summed E-state index contributed by atoms with van der Waals surface area (Å²) in [5, 5.41) is 2.70. The third-order valence-corrected chi connectivity index (χ3v) is 10.2. The van der Waals surface area contributed by atoms with E-state index in [4.69, 9.17) is 21.1 Å². The molecule has 0 radical (unpaired) electrons. The molecule has 7 nitrogen and oxygen atoms in total. The first-order valence-corrected chi connectivity index (χ1v) is 14.9. The maximum atomic E-state index is 13.7. The number of carbonyl (C=O) groups is 1. The number of hydrogen-bond acceptors (Lipinski definition) is 6. The van der Waals surface area contributed by atoms with Crippen molar-refractivity contribution in [3.8, 4) is 11.5 Å². The number of methoxy groups -OCH3 is 1. The Kier molecular flexibility index (Phi) is 7.49. The van der Waals surface area contributed by atoms with Gasteiger partial charge in [0.05, 0.1) is 24.6 Å². The van der Waals surface area contributed by atoms with E-state index in [1.807, 2.05) is 30.5 Å². The molecule has 0 bridgehead atoms. The number of nitrogens with zero attached hydrogens (tertiary/aromatic N) is 2. The largest absolute Gasteiger partial charge is 0.497 e. The topological polar surface area (TPSA) is 76.2 Å². The average molecular weight is 561 g/mol. The Labute approximate surface area is 226 Å². The van der Waals surface area contributed by atoms with Crippen LogP contribution in [0.15, 0.2) is 58.8 Å². The lowest BCUT2D eigenvalue weighted by Gasteiger charge is -2.37. The number of benzene rings is 2. The summed E-state index contributed by atoms with van der Waals surface area (Å²) in [6.07, 6.45) is 2.24. The summed E-state index contributed by atoms with van der Waals surface area (Å²) in [7, 11) is -2.31. The Morgan fingerprint density at radius 3 is 2.54 bits per heavy atom. The van der Waals surface area contributed by atoms with Crippen LogP contribution in [0.25, 0.3) is 0 Å². The van der Waals surface area contributed by atoms with Gasteiger partial charge in [-0.3, -0.25) is 4.79 Å². The monoisotopic (exact) mass is 560 g/mol. The molecule has 2 aromatic carbocycles. The standard InChI is InChI=1S/C27H29ClN2O5S2/c1-18-15-21(7-10-24(18)28)35-17-25-23-12-14-36-26(23)11-13-29(25)27(31)16-30(19-3-4-19)37(32,33)22-8-5-20(34-2)6-9-22/h5-10,12,14-15,19,25H,3-4,11,13,16-17H2,1-2H3/t25-/m0/s1. The summed E-state index contributed by atoms with van der Waals surface area (Å²) in [6, 6.07) is 13.3. The van der Waals surface area contributed by atoms with Gasteiger partial charge in [-0.25, -0.2) is 8.42 Å². The van der Waals surface area contributed by atoms with Gasteiger partial charge < -0.3 is 14.4 Å². The van der Waals surface area contributed by atoms with E-state index in [1.54, 1.807) is 34.4 Å². The molecule has 3 aromatic rings. The van der Waals surface area contributed by atoms with Crippen molar-refractivity contribution in [1.29, 1.82) is 0 Å². The Morgan fingerprint density at radius 1 is 1.14 bits per heavy atom. The fourth-order valence-corrected chi connectivity index (χ4v) is 7.32. The molecule has 1 amide bonds. The number of ether oxygens (including phenoxy) is 2. The number of halogens is 1. The molecule has 2 heterocycles. The van der Waals surface area contributed by atoms with Gasteiger partial charge in [-0.05, 0) is 91.2 Å². The molecule has 196 valence electrons. The van der Waals surface area contributed by atoms with E-state index in [0.29, 0.717) is 23.1 Å². The molecular weight excluding hydrogens is 532 g/mol. The predicted molar refractivity (Wildman–Crippen MR) is 144 cm³/mol. The summed E-state index contributed by atoms with van der Waals surface area (Å²) in [5.41, 5.74) is 1.97. The molecule has 1 aliphatic heterocycles. The van der Waals surface area contributed by atoms with Crippen LogP contribution in [0.1, 0.15) is 34.9 Å². The lowest BCUT2D eigenvalue weighted by Crippen LogP contribution is -2.48. The number of aryl methyl sites for hydroxylation is 1. The van der Waals surface area contributed by atoms with Crippen molar-refractivity contribution in [2.24, 2.45) is 0 Å². The molecule has 1 fully saturated rings. The van der Waals surface area contributed by atoms with E-state index >= 15 is 0 Å². The second-order valence-electron chi connectivity index (χ2n) is 9.33. The minimum atomic E-state index is -3.84. The third kappa shape index (κ3) is 5.50. The quantitative estimate of drug-likeness (QED) is 0.365. The Bertz CT molecular complexity index is 1390. The van der Waals surface area contributed by atoms with Gasteiger partial charge in [0.2, 0.25) is 15.9 Å². The summed E-state index contributed by atoms with van der Waals surface area (Å²) in [4.78, 5) is 16.9. The van der Waals surface area contributed by atoms with Crippen molar-refractivity contribution in [2.45, 2.75) is 43.2 Å². The molecule has 0 unspecified atom stereocenters. The number of fused-ring (bicyclic) bond motifs is 1. The highest BCUT2D eigenvalue weighted by Crippen LogP contribution is 2.36. The van der Waals surface area contributed by atoms with Gasteiger partial charge in [0.15, 0.2) is 0 Å². The minimum absolute atomic E-state index is 0.157. The van der Waals surface area contributed by atoms with Crippen molar-refractivity contribution < 1.29 is 22.7 Å². The van der Waals surface area contributed by atoms with Crippen molar-refractivity contribution in [3.05, 3.63) is 74.9 Å². The molecular formula is C27H29ClN2O5S2. The Hall–Kier alpha value is -2.59. The van der Waals surface area contributed by atoms with Gasteiger partial charge in [0, 0.05) is 22.5 Å². The fourth-order valence-electron chi connectivity index (χ4n) is 4.64. The van der Waals surface area contributed by atoms with Gasteiger partial charge in [-0.1, -0.05) is 11.6 Å². The molecule has 1 saturated carbocycles. The Morgan fingerprint density at radius 2 is 1.86 bits per heavy atom. The number of hydrogen-bond donors (Lipinski definition) is 0. The second-order valence-corrected chi connectivity index (χ2v) is 12.6. The molecule has 10 heteroatoms. The average Bonchev–Trinajstić information content (AvgIpc) is 3.62. The number of rotatable bonds is 9. The summed E-state index contributed by atoms with van der Waals surface area (Å²) < 4.78 is 39.7. The van der Waals surface area contributed by atoms with Crippen molar-refractivity contribution in [2.75, 3.05) is 26.8 Å². The zero-order chi connectivity index (χ0) is 26.2. The Balaban J connectivity index is 1.36. The minimum Gasteiger partial charge on any atom is -0.497 e. The first kappa shape index (κ1) is 26.0. The van der Waals surface area contributed by atoms with Gasteiger partial charge >= 0.3 is 0 Å². The van der Waals surface area contributed by atoms with E-state index in [2.05, 4.69) is 0 Å². The molecule has 0 saturated heterocycles. The molecule has 1 atom stereocenters. The van der Waals surface area contributed by atoms with Crippen molar-refractivity contribution in [3.63, 3.8) is 0 Å². The summed E-state index contributed by atoms with van der Waals surface area (Å²) >= 11 is 7.83. The van der Waals surface area contributed by atoms with Crippen LogP contribution in [-0.2, 0) is 21.2 Å². The van der Waals surface area contributed by atoms with Gasteiger partial charge in [0.1, 0.15) is 18.1 Å². The molecule has 2 aliphatic rings. The number of amides is 1. The zero-order valence-electron chi connectivity index (χ0n) is 20.7.